The van der Waals surface area contributed by atoms with Gasteiger partial charge in [-0.2, -0.15) is 0 Å². The van der Waals surface area contributed by atoms with Crippen molar-refractivity contribution in [2.24, 2.45) is 0 Å². The van der Waals surface area contributed by atoms with Crippen LogP contribution in [0.1, 0.15) is 30.5 Å². The third kappa shape index (κ3) is 4.83. The fraction of sp³-hybridized carbons (Fsp3) is 0.222. The highest BCUT2D eigenvalue weighted by Gasteiger charge is 2.17. The second-order valence-corrected chi connectivity index (χ2v) is 5.74. The molecule has 0 bridgehead atoms. The fourth-order valence-electron chi connectivity index (χ4n) is 2.31. The first-order valence-electron chi connectivity index (χ1n) is 7.34. The Morgan fingerprint density at radius 3 is 2.43 bits per heavy atom. The number of halogens is 1. The molecule has 0 saturated heterocycles. The minimum atomic E-state index is -0.367. The highest BCUT2D eigenvalue weighted by Crippen LogP contribution is 2.24. The van der Waals surface area contributed by atoms with E-state index >= 15 is 0 Å². The zero-order valence-corrected chi connectivity index (χ0v) is 13.9. The SMILES string of the molecule is CC(=O)NC(CC(=O)Nc1cccc(Cl)c1C)c1ccccc1. The van der Waals surface area contributed by atoms with Crippen LogP contribution < -0.4 is 10.6 Å². The van der Waals surface area contributed by atoms with Crippen LogP contribution in [0, 0.1) is 6.92 Å². The van der Waals surface area contributed by atoms with Gasteiger partial charge < -0.3 is 10.6 Å². The Kier molecular flexibility index (Phi) is 5.77. The summed E-state index contributed by atoms with van der Waals surface area (Å²) in [7, 11) is 0. The fourth-order valence-corrected chi connectivity index (χ4v) is 2.49. The van der Waals surface area contributed by atoms with Crippen molar-refractivity contribution in [3.8, 4) is 0 Å². The van der Waals surface area contributed by atoms with Gasteiger partial charge in [0.2, 0.25) is 11.8 Å². The molecule has 5 heteroatoms. The lowest BCUT2D eigenvalue weighted by atomic mass is 10.0. The quantitative estimate of drug-likeness (QED) is 0.874. The van der Waals surface area contributed by atoms with Gasteiger partial charge in [-0.1, -0.05) is 48.0 Å². The molecule has 0 aliphatic heterocycles. The van der Waals surface area contributed by atoms with Gasteiger partial charge in [-0.05, 0) is 30.2 Å². The van der Waals surface area contributed by atoms with Crippen LogP contribution in [0.15, 0.2) is 48.5 Å². The van der Waals surface area contributed by atoms with E-state index in [2.05, 4.69) is 10.6 Å². The summed E-state index contributed by atoms with van der Waals surface area (Å²) in [6.45, 7) is 3.29. The molecule has 2 amide bonds. The molecular formula is C18H19ClN2O2. The molecule has 4 nitrogen and oxygen atoms in total. The van der Waals surface area contributed by atoms with E-state index in [4.69, 9.17) is 11.6 Å². The minimum absolute atomic E-state index is 0.148. The van der Waals surface area contributed by atoms with Gasteiger partial charge in [0.1, 0.15) is 0 Å². The Balaban J connectivity index is 2.11. The summed E-state index contributed by atoms with van der Waals surface area (Å²) in [5, 5.41) is 6.26. The zero-order valence-electron chi connectivity index (χ0n) is 13.1. The number of nitrogens with one attached hydrogen (secondary N) is 2. The van der Waals surface area contributed by atoms with E-state index in [0.717, 1.165) is 11.1 Å². The van der Waals surface area contributed by atoms with Gasteiger partial charge in [0.15, 0.2) is 0 Å². The molecule has 2 aromatic rings. The molecule has 0 saturated carbocycles. The van der Waals surface area contributed by atoms with Gasteiger partial charge in [0, 0.05) is 17.6 Å². The van der Waals surface area contributed by atoms with Gasteiger partial charge in [0.25, 0.3) is 0 Å². The number of rotatable bonds is 5. The number of hydrogen-bond donors (Lipinski definition) is 2. The molecule has 120 valence electrons. The van der Waals surface area contributed by atoms with E-state index in [0.29, 0.717) is 10.7 Å². The van der Waals surface area contributed by atoms with Crippen molar-refractivity contribution < 1.29 is 9.59 Å². The molecule has 0 aliphatic rings. The average Bonchev–Trinajstić information content (AvgIpc) is 2.51. The summed E-state index contributed by atoms with van der Waals surface area (Å²) >= 11 is 6.06. The third-order valence-electron chi connectivity index (χ3n) is 3.51. The van der Waals surface area contributed by atoms with Crippen molar-refractivity contribution in [2.75, 3.05) is 5.32 Å². The Morgan fingerprint density at radius 1 is 1.09 bits per heavy atom. The molecule has 0 radical (unpaired) electrons. The summed E-state index contributed by atoms with van der Waals surface area (Å²) in [5.74, 6) is -0.358. The summed E-state index contributed by atoms with van der Waals surface area (Å²) < 4.78 is 0. The molecule has 0 aliphatic carbocycles. The van der Waals surface area contributed by atoms with Crippen molar-refractivity contribution in [3.63, 3.8) is 0 Å². The van der Waals surface area contributed by atoms with Crippen molar-refractivity contribution in [1.82, 2.24) is 5.32 Å². The topological polar surface area (TPSA) is 58.2 Å². The largest absolute Gasteiger partial charge is 0.349 e. The smallest absolute Gasteiger partial charge is 0.226 e. The second kappa shape index (κ2) is 7.79. The Bertz CT molecular complexity index is 701. The van der Waals surface area contributed by atoms with Gasteiger partial charge in [-0.3, -0.25) is 9.59 Å². The lowest BCUT2D eigenvalue weighted by Crippen LogP contribution is -2.29. The van der Waals surface area contributed by atoms with Crippen LogP contribution in [0.3, 0.4) is 0 Å². The normalized spacial score (nSPS) is 11.6. The van der Waals surface area contributed by atoms with Crippen LogP contribution in [0.25, 0.3) is 0 Å². The number of benzene rings is 2. The number of carbonyl (C=O) groups is 2. The van der Waals surface area contributed by atoms with E-state index < -0.39 is 0 Å². The maximum absolute atomic E-state index is 12.3. The number of amides is 2. The predicted octanol–water partition coefficient (Wildman–Crippen LogP) is 3.85. The maximum atomic E-state index is 12.3. The summed E-state index contributed by atoms with van der Waals surface area (Å²) in [4.78, 5) is 23.7. The summed E-state index contributed by atoms with van der Waals surface area (Å²) in [6.07, 6.45) is 0.148. The average molecular weight is 331 g/mol. The van der Waals surface area contributed by atoms with Crippen molar-refractivity contribution in [2.45, 2.75) is 26.3 Å². The lowest BCUT2D eigenvalue weighted by Gasteiger charge is -2.18. The Labute approximate surface area is 140 Å². The molecule has 23 heavy (non-hydrogen) atoms. The number of hydrogen-bond acceptors (Lipinski definition) is 2. The molecule has 0 fully saturated rings. The molecule has 0 heterocycles. The maximum Gasteiger partial charge on any atom is 0.226 e. The molecule has 0 aromatic heterocycles. The van der Waals surface area contributed by atoms with Gasteiger partial charge in [-0.25, -0.2) is 0 Å². The second-order valence-electron chi connectivity index (χ2n) is 5.33. The van der Waals surface area contributed by atoms with Crippen molar-refractivity contribution >= 4 is 29.1 Å². The third-order valence-corrected chi connectivity index (χ3v) is 3.92. The Hall–Kier alpha value is -2.33. The summed E-state index contributed by atoms with van der Waals surface area (Å²) in [5.41, 5.74) is 2.39. The van der Waals surface area contributed by atoms with Crippen molar-refractivity contribution in [3.05, 3.63) is 64.7 Å². The van der Waals surface area contributed by atoms with E-state index in [1.54, 1.807) is 18.2 Å². The van der Waals surface area contributed by atoms with Gasteiger partial charge >= 0.3 is 0 Å². The zero-order chi connectivity index (χ0) is 16.8. The standard InChI is InChI=1S/C18H19ClN2O2/c1-12-15(19)9-6-10-16(12)21-18(23)11-17(20-13(2)22)14-7-4-3-5-8-14/h3-10,17H,11H2,1-2H3,(H,20,22)(H,21,23). The van der Waals surface area contributed by atoms with Crippen LogP contribution in [-0.4, -0.2) is 11.8 Å². The molecule has 0 spiro atoms. The van der Waals surface area contributed by atoms with E-state index in [1.165, 1.54) is 6.92 Å². The molecule has 2 rings (SSSR count). The first kappa shape index (κ1) is 17.0. The monoisotopic (exact) mass is 330 g/mol. The number of carbonyl (C=O) groups excluding carboxylic acids is 2. The first-order chi connectivity index (χ1) is 11.0. The van der Waals surface area contributed by atoms with E-state index in [1.807, 2.05) is 37.3 Å². The van der Waals surface area contributed by atoms with E-state index in [9.17, 15) is 9.59 Å². The molecule has 2 N–H and O–H groups in total. The molecule has 2 aromatic carbocycles. The van der Waals surface area contributed by atoms with Crippen LogP contribution in [0.2, 0.25) is 5.02 Å². The lowest BCUT2D eigenvalue weighted by molar-refractivity contribution is -0.120. The Morgan fingerprint density at radius 2 is 1.78 bits per heavy atom. The predicted molar refractivity (Wildman–Crippen MR) is 92.4 cm³/mol. The highest BCUT2D eigenvalue weighted by atomic mass is 35.5. The van der Waals surface area contributed by atoms with Gasteiger partial charge in [-0.15, -0.1) is 0 Å². The molecular weight excluding hydrogens is 312 g/mol. The van der Waals surface area contributed by atoms with Crippen LogP contribution in [0.5, 0.6) is 0 Å². The minimum Gasteiger partial charge on any atom is -0.349 e. The van der Waals surface area contributed by atoms with Crippen molar-refractivity contribution in [1.29, 1.82) is 0 Å². The van der Waals surface area contributed by atoms with Gasteiger partial charge in [0.05, 0.1) is 12.5 Å². The van der Waals surface area contributed by atoms with Crippen LogP contribution in [-0.2, 0) is 9.59 Å². The molecule has 1 atom stereocenters. The first-order valence-corrected chi connectivity index (χ1v) is 7.72. The van der Waals surface area contributed by atoms with Crippen LogP contribution in [0.4, 0.5) is 5.69 Å². The van der Waals surface area contributed by atoms with Crippen LogP contribution >= 0.6 is 11.6 Å². The highest BCUT2D eigenvalue weighted by molar-refractivity contribution is 6.31. The molecule has 1 unspecified atom stereocenters. The van der Waals surface area contributed by atoms with E-state index in [-0.39, 0.29) is 24.3 Å². The summed E-state index contributed by atoms with van der Waals surface area (Å²) in [6, 6.07) is 14.4. The number of anilines is 1.